The summed E-state index contributed by atoms with van der Waals surface area (Å²) in [5, 5.41) is 10.5. The third-order valence-electron chi connectivity index (χ3n) is 4.30. The van der Waals surface area contributed by atoms with Crippen LogP contribution >= 0.6 is 0 Å². The number of benzene rings is 1. The van der Waals surface area contributed by atoms with Gasteiger partial charge in [-0.15, -0.1) is 0 Å². The number of alkyl halides is 1. The topological polar surface area (TPSA) is 32.7 Å². The highest BCUT2D eigenvalue weighted by Crippen LogP contribution is 2.25. The number of unbranched alkanes of at least 4 members (excludes halogenated alkanes) is 1. The number of aliphatic hydroxyl groups excluding tert-OH is 1. The predicted molar refractivity (Wildman–Crippen MR) is 86.9 cm³/mol. The van der Waals surface area contributed by atoms with E-state index in [1.165, 1.54) is 12.8 Å². The Morgan fingerprint density at radius 1 is 1.18 bits per heavy atom. The second-order valence-electron chi connectivity index (χ2n) is 6.24. The SMILES string of the molecule is C[C@H](CN1CCCC1)[C@H](O)c1ccc(OCCCCF)cc1. The minimum Gasteiger partial charge on any atom is -0.494 e. The summed E-state index contributed by atoms with van der Waals surface area (Å²) in [5.41, 5.74) is 0.933. The highest BCUT2D eigenvalue weighted by molar-refractivity contribution is 5.28. The predicted octanol–water partition coefficient (Wildman–Crippen LogP) is 3.58. The van der Waals surface area contributed by atoms with Gasteiger partial charge in [-0.05, 0) is 62.4 Å². The Hall–Kier alpha value is -1.13. The summed E-state index contributed by atoms with van der Waals surface area (Å²) in [6.45, 7) is 5.61. The third kappa shape index (κ3) is 5.25. The number of halogens is 1. The highest BCUT2D eigenvalue weighted by Gasteiger charge is 2.21. The average Bonchev–Trinajstić information content (AvgIpc) is 3.04. The van der Waals surface area contributed by atoms with Crippen LogP contribution in [0.1, 0.15) is 44.3 Å². The molecule has 2 rings (SSSR count). The van der Waals surface area contributed by atoms with Gasteiger partial charge in [-0.2, -0.15) is 0 Å². The summed E-state index contributed by atoms with van der Waals surface area (Å²) in [6.07, 6.45) is 3.38. The first-order valence-corrected chi connectivity index (χ1v) is 8.40. The lowest BCUT2D eigenvalue weighted by molar-refractivity contribution is 0.0945. The molecule has 3 nitrogen and oxygen atoms in total. The first kappa shape index (κ1) is 17.2. The molecule has 1 N–H and O–H groups in total. The van der Waals surface area contributed by atoms with Gasteiger partial charge in [-0.25, -0.2) is 0 Å². The van der Waals surface area contributed by atoms with E-state index in [1.54, 1.807) is 0 Å². The Balaban J connectivity index is 1.80. The van der Waals surface area contributed by atoms with E-state index in [9.17, 15) is 9.50 Å². The fourth-order valence-corrected chi connectivity index (χ4v) is 2.95. The number of hydrogen-bond donors (Lipinski definition) is 1. The van der Waals surface area contributed by atoms with Crippen molar-refractivity contribution < 1.29 is 14.2 Å². The maximum absolute atomic E-state index is 12.0. The molecule has 0 bridgehead atoms. The van der Waals surface area contributed by atoms with Crippen LogP contribution in [-0.2, 0) is 0 Å². The summed E-state index contributed by atoms with van der Waals surface area (Å²) < 4.78 is 17.5. The summed E-state index contributed by atoms with van der Waals surface area (Å²) in [5.74, 6) is 0.997. The average molecular weight is 309 g/mol. The maximum atomic E-state index is 12.0. The third-order valence-corrected chi connectivity index (χ3v) is 4.30. The number of nitrogens with zero attached hydrogens (tertiary/aromatic N) is 1. The Kier molecular flexibility index (Phi) is 7.13. The molecule has 1 saturated heterocycles. The number of rotatable bonds is 9. The minimum absolute atomic E-state index is 0.217. The van der Waals surface area contributed by atoms with Crippen LogP contribution in [0.3, 0.4) is 0 Å². The fraction of sp³-hybridized carbons (Fsp3) is 0.667. The van der Waals surface area contributed by atoms with Gasteiger partial charge in [0.1, 0.15) is 5.75 Å². The molecule has 1 heterocycles. The summed E-state index contributed by atoms with van der Waals surface area (Å²) in [6, 6.07) is 7.62. The molecular weight excluding hydrogens is 281 g/mol. The van der Waals surface area contributed by atoms with Crippen molar-refractivity contribution in [2.24, 2.45) is 5.92 Å². The fourth-order valence-electron chi connectivity index (χ4n) is 2.95. The molecule has 0 aliphatic carbocycles. The molecule has 124 valence electrons. The molecule has 4 heteroatoms. The van der Waals surface area contributed by atoms with Gasteiger partial charge in [-0.3, -0.25) is 4.39 Å². The van der Waals surface area contributed by atoms with Crippen LogP contribution in [0.2, 0.25) is 0 Å². The molecule has 0 saturated carbocycles. The van der Waals surface area contributed by atoms with Crippen LogP contribution in [0.4, 0.5) is 4.39 Å². The molecule has 1 aromatic rings. The lowest BCUT2D eigenvalue weighted by atomic mass is 9.97. The van der Waals surface area contributed by atoms with E-state index in [4.69, 9.17) is 4.74 Å². The second kappa shape index (κ2) is 9.11. The van der Waals surface area contributed by atoms with Crippen LogP contribution in [0.5, 0.6) is 5.75 Å². The molecule has 1 aliphatic heterocycles. The van der Waals surface area contributed by atoms with E-state index >= 15 is 0 Å². The number of aliphatic hydroxyl groups is 1. The zero-order valence-corrected chi connectivity index (χ0v) is 13.5. The molecule has 0 amide bonds. The van der Waals surface area contributed by atoms with E-state index in [2.05, 4.69) is 11.8 Å². The van der Waals surface area contributed by atoms with E-state index in [0.717, 1.165) is 37.4 Å². The van der Waals surface area contributed by atoms with Crippen molar-refractivity contribution >= 4 is 0 Å². The van der Waals surface area contributed by atoms with Crippen molar-refractivity contribution in [3.63, 3.8) is 0 Å². The van der Waals surface area contributed by atoms with Crippen LogP contribution in [0.15, 0.2) is 24.3 Å². The van der Waals surface area contributed by atoms with E-state index in [1.807, 2.05) is 24.3 Å². The quantitative estimate of drug-likeness (QED) is 0.708. The van der Waals surface area contributed by atoms with Crippen molar-refractivity contribution in [1.82, 2.24) is 4.90 Å². The monoisotopic (exact) mass is 309 g/mol. The summed E-state index contributed by atoms with van der Waals surface area (Å²) in [4.78, 5) is 2.43. The Labute approximate surface area is 133 Å². The molecule has 1 aromatic carbocycles. The molecule has 0 aromatic heterocycles. The van der Waals surface area contributed by atoms with E-state index < -0.39 is 6.10 Å². The first-order chi connectivity index (χ1) is 10.7. The zero-order valence-electron chi connectivity index (χ0n) is 13.5. The number of likely N-dealkylation sites (tertiary alicyclic amines) is 1. The van der Waals surface area contributed by atoms with E-state index in [0.29, 0.717) is 13.0 Å². The zero-order chi connectivity index (χ0) is 15.8. The molecular formula is C18H28FNO2. The lowest BCUT2D eigenvalue weighted by Gasteiger charge is -2.24. The molecule has 1 aliphatic rings. The van der Waals surface area contributed by atoms with Crippen molar-refractivity contribution in [1.29, 1.82) is 0 Å². The molecule has 0 spiro atoms. The van der Waals surface area contributed by atoms with Crippen molar-refractivity contribution in [3.8, 4) is 5.75 Å². The van der Waals surface area contributed by atoms with Gasteiger partial charge < -0.3 is 14.7 Å². The van der Waals surface area contributed by atoms with Gasteiger partial charge in [0.15, 0.2) is 0 Å². The Morgan fingerprint density at radius 3 is 2.50 bits per heavy atom. The van der Waals surface area contributed by atoms with Crippen LogP contribution in [0.25, 0.3) is 0 Å². The van der Waals surface area contributed by atoms with Crippen LogP contribution in [-0.4, -0.2) is 42.9 Å². The van der Waals surface area contributed by atoms with Crippen molar-refractivity contribution in [3.05, 3.63) is 29.8 Å². The van der Waals surface area contributed by atoms with Gasteiger partial charge in [0.05, 0.1) is 19.4 Å². The van der Waals surface area contributed by atoms with Gasteiger partial charge in [-0.1, -0.05) is 19.1 Å². The number of ether oxygens (including phenoxy) is 1. The highest BCUT2D eigenvalue weighted by atomic mass is 19.1. The van der Waals surface area contributed by atoms with Gasteiger partial charge in [0, 0.05) is 6.54 Å². The van der Waals surface area contributed by atoms with Crippen LogP contribution < -0.4 is 4.74 Å². The smallest absolute Gasteiger partial charge is 0.119 e. The normalized spacial score (nSPS) is 18.3. The maximum Gasteiger partial charge on any atom is 0.119 e. The van der Waals surface area contributed by atoms with Gasteiger partial charge in [0.25, 0.3) is 0 Å². The molecule has 22 heavy (non-hydrogen) atoms. The molecule has 2 atom stereocenters. The molecule has 0 radical (unpaired) electrons. The standard InChI is InChI=1S/C18H28FNO2/c1-15(14-20-11-3-4-12-20)18(21)16-6-8-17(9-7-16)22-13-5-2-10-19/h6-9,15,18,21H,2-5,10-14H2,1H3/t15-,18+/m1/s1. The minimum atomic E-state index is -0.443. The van der Waals surface area contributed by atoms with E-state index in [-0.39, 0.29) is 12.6 Å². The summed E-state index contributed by atoms with van der Waals surface area (Å²) in [7, 11) is 0. The lowest BCUT2D eigenvalue weighted by Crippen LogP contribution is -2.28. The van der Waals surface area contributed by atoms with Gasteiger partial charge >= 0.3 is 0 Å². The van der Waals surface area contributed by atoms with Crippen LogP contribution in [0, 0.1) is 5.92 Å². The molecule has 0 unspecified atom stereocenters. The second-order valence-corrected chi connectivity index (χ2v) is 6.24. The van der Waals surface area contributed by atoms with Crippen molar-refractivity contribution in [2.45, 2.75) is 38.7 Å². The van der Waals surface area contributed by atoms with Crippen molar-refractivity contribution in [2.75, 3.05) is 32.9 Å². The number of hydrogen-bond acceptors (Lipinski definition) is 3. The largest absolute Gasteiger partial charge is 0.494 e. The summed E-state index contributed by atoms with van der Waals surface area (Å²) >= 11 is 0. The Morgan fingerprint density at radius 2 is 1.86 bits per heavy atom. The molecule has 1 fully saturated rings. The van der Waals surface area contributed by atoms with Gasteiger partial charge in [0.2, 0.25) is 0 Å². The first-order valence-electron chi connectivity index (χ1n) is 8.40. The Bertz CT molecular complexity index is 418.